The summed E-state index contributed by atoms with van der Waals surface area (Å²) in [5, 5.41) is 12.4. The van der Waals surface area contributed by atoms with Crippen molar-refractivity contribution in [3.8, 4) is 6.07 Å². The number of methoxy groups -OCH3 is 1. The molecule has 1 rings (SSSR count). The second-order valence-electron chi connectivity index (χ2n) is 4.79. The van der Waals surface area contributed by atoms with Gasteiger partial charge in [0.25, 0.3) is 0 Å². The zero-order chi connectivity index (χ0) is 17.9. The summed E-state index contributed by atoms with van der Waals surface area (Å²) in [6.45, 7) is 4.75. The molecule has 1 aromatic heterocycles. The predicted molar refractivity (Wildman–Crippen MR) is 89.9 cm³/mol. The third kappa shape index (κ3) is 6.18. The van der Waals surface area contributed by atoms with Gasteiger partial charge in [0.2, 0.25) is 5.91 Å². The van der Waals surface area contributed by atoms with Crippen molar-refractivity contribution >= 4 is 23.6 Å². The molecule has 0 bridgehead atoms. The van der Waals surface area contributed by atoms with Crippen molar-refractivity contribution < 1.29 is 19.1 Å². The molecule has 24 heavy (non-hydrogen) atoms. The Hall–Kier alpha value is -2.11. The number of nitrogens with zero attached hydrogens (tertiary/aromatic N) is 2. The number of pyridine rings is 1. The van der Waals surface area contributed by atoms with E-state index < -0.39 is 5.97 Å². The standard InChI is InChI=1S/C16H21N3O4S/c1-4-23-16(21)13-8-12(9-17)15(19-11(13)2)24-10-14(20)18-6-5-7-22-3/h8H,4-7,10H2,1-3H3,(H,18,20). The highest BCUT2D eigenvalue weighted by Crippen LogP contribution is 2.23. The zero-order valence-electron chi connectivity index (χ0n) is 14.0. The molecular formula is C16H21N3O4S. The lowest BCUT2D eigenvalue weighted by molar-refractivity contribution is -0.118. The Balaban J connectivity index is 2.72. The molecule has 1 aromatic rings. The second-order valence-corrected chi connectivity index (χ2v) is 5.76. The minimum atomic E-state index is -0.508. The molecule has 1 amide bonds. The maximum atomic E-state index is 11.8. The molecule has 0 fully saturated rings. The molecule has 8 heteroatoms. The Kier molecular flexibility index (Phi) is 8.83. The van der Waals surface area contributed by atoms with Gasteiger partial charge in [0.05, 0.1) is 29.2 Å². The second kappa shape index (κ2) is 10.6. The molecule has 0 radical (unpaired) electrons. The first-order valence-corrected chi connectivity index (χ1v) is 8.49. The number of nitriles is 1. The van der Waals surface area contributed by atoms with Gasteiger partial charge >= 0.3 is 5.97 Å². The number of nitrogens with one attached hydrogen (secondary N) is 1. The summed E-state index contributed by atoms with van der Waals surface area (Å²) in [6.07, 6.45) is 0.738. The van der Waals surface area contributed by atoms with Crippen LogP contribution in [0.4, 0.5) is 0 Å². The van der Waals surface area contributed by atoms with Gasteiger partial charge in [-0.15, -0.1) is 0 Å². The normalized spacial score (nSPS) is 10.1. The number of carbonyl (C=O) groups is 2. The average Bonchev–Trinajstić information content (AvgIpc) is 2.57. The molecule has 130 valence electrons. The van der Waals surface area contributed by atoms with Crippen LogP contribution in [0.1, 0.15) is 35.0 Å². The topological polar surface area (TPSA) is 101 Å². The lowest BCUT2D eigenvalue weighted by Gasteiger charge is -2.09. The molecule has 1 heterocycles. The van der Waals surface area contributed by atoms with E-state index in [9.17, 15) is 14.9 Å². The molecule has 0 aliphatic carbocycles. The Morgan fingerprint density at radius 2 is 2.21 bits per heavy atom. The molecular weight excluding hydrogens is 330 g/mol. The smallest absolute Gasteiger partial charge is 0.340 e. The van der Waals surface area contributed by atoms with Crippen LogP contribution in [0.15, 0.2) is 11.1 Å². The van der Waals surface area contributed by atoms with Crippen LogP contribution in [0.5, 0.6) is 0 Å². The van der Waals surface area contributed by atoms with Crippen LogP contribution in [-0.4, -0.2) is 49.5 Å². The molecule has 0 aliphatic rings. The number of aryl methyl sites for hydroxylation is 1. The van der Waals surface area contributed by atoms with Crippen LogP contribution < -0.4 is 5.32 Å². The van der Waals surface area contributed by atoms with E-state index >= 15 is 0 Å². The van der Waals surface area contributed by atoms with Crippen LogP contribution in [0.25, 0.3) is 0 Å². The van der Waals surface area contributed by atoms with Crippen LogP contribution in [0.3, 0.4) is 0 Å². The van der Waals surface area contributed by atoms with Crippen LogP contribution in [0.2, 0.25) is 0 Å². The summed E-state index contributed by atoms with van der Waals surface area (Å²) in [5.74, 6) is -0.507. The monoisotopic (exact) mass is 351 g/mol. The fourth-order valence-corrected chi connectivity index (χ4v) is 2.65. The van der Waals surface area contributed by atoms with Crippen molar-refractivity contribution in [3.63, 3.8) is 0 Å². The third-order valence-electron chi connectivity index (χ3n) is 2.98. The minimum absolute atomic E-state index is 0.145. The van der Waals surface area contributed by atoms with Gasteiger partial charge in [0, 0.05) is 20.3 Å². The Morgan fingerprint density at radius 1 is 1.46 bits per heavy atom. The van der Waals surface area contributed by atoms with Gasteiger partial charge in [-0.1, -0.05) is 11.8 Å². The molecule has 0 aliphatic heterocycles. The number of rotatable bonds is 9. The Morgan fingerprint density at radius 3 is 2.83 bits per heavy atom. The number of hydrogen-bond acceptors (Lipinski definition) is 7. The number of ether oxygens (including phenoxy) is 2. The molecule has 0 spiro atoms. The van der Waals surface area contributed by atoms with Gasteiger partial charge in [0.15, 0.2) is 0 Å². The number of hydrogen-bond donors (Lipinski definition) is 1. The number of aromatic nitrogens is 1. The quantitative estimate of drug-likeness (QED) is 0.410. The first-order chi connectivity index (χ1) is 11.5. The summed E-state index contributed by atoms with van der Waals surface area (Å²) in [6, 6.07) is 3.46. The number of carbonyl (C=O) groups excluding carboxylic acids is 2. The fourth-order valence-electron chi connectivity index (χ4n) is 1.82. The Labute approximate surface area is 145 Å². The van der Waals surface area contributed by atoms with Crippen molar-refractivity contribution in [2.24, 2.45) is 0 Å². The first-order valence-electron chi connectivity index (χ1n) is 7.50. The largest absolute Gasteiger partial charge is 0.462 e. The third-order valence-corrected chi connectivity index (χ3v) is 3.97. The highest BCUT2D eigenvalue weighted by atomic mass is 32.2. The maximum Gasteiger partial charge on any atom is 0.340 e. The highest BCUT2D eigenvalue weighted by Gasteiger charge is 2.17. The summed E-state index contributed by atoms with van der Waals surface area (Å²) in [4.78, 5) is 27.9. The van der Waals surface area contributed by atoms with Gasteiger partial charge in [0.1, 0.15) is 11.1 Å². The lowest BCUT2D eigenvalue weighted by atomic mass is 10.1. The predicted octanol–water partition coefficient (Wildman–Crippen LogP) is 1.68. The summed E-state index contributed by atoms with van der Waals surface area (Å²) < 4.78 is 9.84. The fraction of sp³-hybridized carbons (Fsp3) is 0.500. The Bertz CT molecular complexity index is 628. The number of amides is 1. The average molecular weight is 351 g/mol. The zero-order valence-corrected chi connectivity index (χ0v) is 14.9. The van der Waals surface area contributed by atoms with Gasteiger partial charge in [-0.05, 0) is 26.3 Å². The molecule has 0 saturated carbocycles. The molecule has 0 saturated heterocycles. The van der Waals surface area contributed by atoms with Crippen molar-refractivity contribution in [1.82, 2.24) is 10.3 Å². The van der Waals surface area contributed by atoms with E-state index in [1.165, 1.54) is 6.07 Å². The van der Waals surface area contributed by atoms with E-state index in [0.717, 1.165) is 18.2 Å². The van der Waals surface area contributed by atoms with Gasteiger partial charge < -0.3 is 14.8 Å². The molecule has 0 aromatic carbocycles. The maximum absolute atomic E-state index is 11.8. The van der Waals surface area contributed by atoms with Gasteiger partial charge in [-0.25, -0.2) is 9.78 Å². The lowest BCUT2D eigenvalue weighted by Crippen LogP contribution is -2.26. The number of esters is 1. The van der Waals surface area contributed by atoms with Crippen molar-refractivity contribution in [3.05, 3.63) is 22.9 Å². The van der Waals surface area contributed by atoms with Crippen LogP contribution >= 0.6 is 11.8 Å². The van der Waals surface area contributed by atoms with E-state index in [2.05, 4.69) is 10.3 Å². The SMILES string of the molecule is CCOC(=O)c1cc(C#N)c(SCC(=O)NCCCOC)nc1C. The molecule has 0 atom stereocenters. The summed E-state index contributed by atoms with van der Waals surface area (Å²) in [5.41, 5.74) is 0.984. The molecule has 1 N–H and O–H groups in total. The highest BCUT2D eigenvalue weighted by molar-refractivity contribution is 8.00. The van der Waals surface area contributed by atoms with Crippen molar-refractivity contribution in [2.45, 2.75) is 25.3 Å². The van der Waals surface area contributed by atoms with E-state index in [1.54, 1.807) is 21.0 Å². The summed E-state index contributed by atoms with van der Waals surface area (Å²) >= 11 is 1.16. The minimum Gasteiger partial charge on any atom is -0.462 e. The molecule has 7 nitrogen and oxygen atoms in total. The van der Waals surface area contributed by atoms with Crippen LogP contribution in [0, 0.1) is 18.3 Å². The van der Waals surface area contributed by atoms with E-state index in [-0.39, 0.29) is 29.4 Å². The molecule has 0 unspecified atom stereocenters. The summed E-state index contributed by atoms with van der Waals surface area (Å²) in [7, 11) is 1.61. The van der Waals surface area contributed by atoms with Gasteiger partial charge in [-0.3, -0.25) is 4.79 Å². The van der Waals surface area contributed by atoms with E-state index in [0.29, 0.717) is 23.9 Å². The van der Waals surface area contributed by atoms with Crippen LogP contribution in [-0.2, 0) is 14.3 Å². The van der Waals surface area contributed by atoms with Crippen molar-refractivity contribution in [1.29, 1.82) is 5.26 Å². The first kappa shape index (κ1) is 19.9. The van der Waals surface area contributed by atoms with E-state index in [4.69, 9.17) is 9.47 Å². The van der Waals surface area contributed by atoms with Gasteiger partial charge in [-0.2, -0.15) is 5.26 Å². The van der Waals surface area contributed by atoms with Crippen molar-refractivity contribution in [2.75, 3.05) is 32.6 Å². The number of thioether (sulfide) groups is 1. The van der Waals surface area contributed by atoms with E-state index in [1.807, 2.05) is 6.07 Å².